The van der Waals surface area contributed by atoms with Gasteiger partial charge in [-0.1, -0.05) is 19.3 Å². The monoisotopic (exact) mass is 238 g/mol. The Balaban J connectivity index is 2.01. The topological polar surface area (TPSA) is 49.4 Å². The summed E-state index contributed by atoms with van der Waals surface area (Å²) in [5.41, 5.74) is -0.525. The van der Waals surface area contributed by atoms with Gasteiger partial charge in [-0.05, 0) is 19.8 Å². The van der Waals surface area contributed by atoms with Gasteiger partial charge in [-0.2, -0.15) is 0 Å². The lowest BCUT2D eigenvalue weighted by Crippen LogP contribution is -2.47. The highest BCUT2D eigenvalue weighted by Crippen LogP contribution is 2.30. The summed E-state index contributed by atoms with van der Waals surface area (Å²) in [5.74, 6) is 0.126. The number of rotatable bonds is 2. The van der Waals surface area contributed by atoms with Gasteiger partial charge in [-0.15, -0.1) is 0 Å². The smallest absolute Gasteiger partial charge is 0.230 e. The second-order valence-electron chi connectivity index (χ2n) is 5.72. The van der Waals surface area contributed by atoms with E-state index in [-0.39, 0.29) is 11.8 Å². The van der Waals surface area contributed by atoms with Crippen LogP contribution in [0.5, 0.6) is 0 Å². The van der Waals surface area contributed by atoms with Crippen molar-refractivity contribution in [3.05, 3.63) is 0 Å². The fourth-order valence-electron chi connectivity index (χ4n) is 2.98. The van der Waals surface area contributed by atoms with Gasteiger partial charge in [-0.3, -0.25) is 9.59 Å². The van der Waals surface area contributed by atoms with Gasteiger partial charge in [0, 0.05) is 26.1 Å². The molecule has 0 aromatic heterocycles. The van der Waals surface area contributed by atoms with Gasteiger partial charge in [0.25, 0.3) is 0 Å². The van der Waals surface area contributed by atoms with Gasteiger partial charge < -0.3 is 10.2 Å². The first-order chi connectivity index (χ1) is 8.03. The quantitative estimate of drug-likeness (QED) is 0.788. The minimum Gasteiger partial charge on any atom is -0.355 e. The lowest BCUT2D eigenvalue weighted by Gasteiger charge is -2.35. The maximum atomic E-state index is 12.4. The van der Waals surface area contributed by atoms with E-state index in [2.05, 4.69) is 5.32 Å². The Labute approximate surface area is 103 Å². The van der Waals surface area contributed by atoms with E-state index in [1.807, 2.05) is 18.9 Å². The van der Waals surface area contributed by atoms with Crippen molar-refractivity contribution in [3.8, 4) is 0 Å². The van der Waals surface area contributed by atoms with Crippen LogP contribution in [0.1, 0.15) is 45.4 Å². The predicted octanol–water partition coefficient (Wildman–Crippen LogP) is 1.30. The zero-order valence-electron chi connectivity index (χ0n) is 10.8. The third kappa shape index (κ3) is 2.45. The number of carbonyl (C=O) groups excluding carboxylic acids is 2. The van der Waals surface area contributed by atoms with Crippen LogP contribution in [0.3, 0.4) is 0 Å². The second kappa shape index (κ2) is 4.67. The minimum atomic E-state index is -0.525. The zero-order valence-corrected chi connectivity index (χ0v) is 10.8. The molecule has 0 aromatic carbocycles. The molecule has 0 radical (unpaired) electrons. The molecule has 0 bridgehead atoms. The first kappa shape index (κ1) is 12.4. The van der Waals surface area contributed by atoms with Crippen LogP contribution < -0.4 is 5.32 Å². The Morgan fingerprint density at radius 1 is 1.35 bits per heavy atom. The van der Waals surface area contributed by atoms with Crippen LogP contribution in [0, 0.1) is 5.41 Å². The molecule has 2 aliphatic rings. The van der Waals surface area contributed by atoms with E-state index in [1.165, 1.54) is 19.3 Å². The van der Waals surface area contributed by atoms with Crippen molar-refractivity contribution in [3.63, 3.8) is 0 Å². The standard InChI is InChI=1S/C13H22N2O2/c1-13(8-11(16)14-9-13)12(17)15(2)10-6-4-3-5-7-10/h10H,3-9H2,1-2H3,(H,14,16). The van der Waals surface area contributed by atoms with Crippen LogP contribution in [-0.4, -0.2) is 36.3 Å². The Bertz CT molecular complexity index is 323. The van der Waals surface area contributed by atoms with Crippen molar-refractivity contribution in [2.24, 2.45) is 5.41 Å². The van der Waals surface area contributed by atoms with Crippen molar-refractivity contribution in [2.45, 2.75) is 51.5 Å². The summed E-state index contributed by atoms with van der Waals surface area (Å²) in [7, 11) is 1.90. The van der Waals surface area contributed by atoms with Gasteiger partial charge in [0.15, 0.2) is 0 Å². The number of nitrogens with zero attached hydrogens (tertiary/aromatic N) is 1. The van der Waals surface area contributed by atoms with Crippen molar-refractivity contribution >= 4 is 11.8 Å². The maximum absolute atomic E-state index is 12.4. The maximum Gasteiger partial charge on any atom is 0.230 e. The number of nitrogens with one attached hydrogen (secondary N) is 1. The molecule has 2 rings (SSSR count). The summed E-state index contributed by atoms with van der Waals surface area (Å²) in [6, 6.07) is 0.378. The predicted molar refractivity (Wildman–Crippen MR) is 65.4 cm³/mol. The van der Waals surface area contributed by atoms with Crippen LogP contribution in [0.25, 0.3) is 0 Å². The highest BCUT2D eigenvalue weighted by molar-refractivity contribution is 5.92. The van der Waals surface area contributed by atoms with Crippen molar-refractivity contribution in [1.29, 1.82) is 0 Å². The molecule has 1 aliphatic heterocycles. The molecule has 4 nitrogen and oxygen atoms in total. The molecule has 1 aliphatic carbocycles. The van der Waals surface area contributed by atoms with Crippen LogP contribution in [0.2, 0.25) is 0 Å². The number of carbonyl (C=O) groups is 2. The highest BCUT2D eigenvalue weighted by Gasteiger charge is 2.43. The lowest BCUT2D eigenvalue weighted by molar-refractivity contribution is -0.142. The molecule has 0 aromatic rings. The van der Waals surface area contributed by atoms with Crippen LogP contribution >= 0.6 is 0 Å². The molecule has 2 amide bonds. The molecule has 2 fully saturated rings. The summed E-state index contributed by atoms with van der Waals surface area (Å²) in [6.07, 6.45) is 6.28. The molecule has 1 saturated carbocycles. The molecule has 17 heavy (non-hydrogen) atoms. The molecular weight excluding hydrogens is 216 g/mol. The van der Waals surface area contributed by atoms with Crippen LogP contribution in [0.4, 0.5) is 0 Å². The normalized spacial score (nSPS) is 30.1. The number of hydrogen-bond acceptors (Lipinski definition) is 2. The van der Waals surface area contributed by atoms with E-state index in [0.717, 1.165) is 12.8 Å². The van der Waals surface area contributed by atoms with E-state index in [0.29, 0.717) is 19.0 Å². The Kier molecular flexibility index (Phi) is 3.40. The van der Waals surface area contributed by atoms with Gasteiger partial charge in [0.2, 0.25) is 11.8 Å². The first-order valence-electron chi connectivity index (χ1n) is 6.57. The van der Waals surface area contributed by atoms with Crippen LogP contribution in [0.15, 0.2) is 0 Å². The largest absolute Gasteiger partial charge is 0.355 e. The van der Waals surface area contributed by atoms with Gasteiger partial charge in [0.05, 0.1) is 5.41 Å². The Morgan fingerprint density at radius 3 is 2.53 bits per heavy atom. The van der Waals surface area contributed by atoms with Crippen molar-refractivity contribution < 1.29 is 9.59 Å². The Morgan fingerprint density at radius 2 is 2.00 bits per heavy atom. The van der Waals surface area contributed by atoms with E-state index >= 15 is 0 Å². The minimum absolute atomic E-state index is 0.00195. The SMILES string of the molecule is CN(C(=O)C1(C)CNC(=O)C1)C1CCCCC1. The third-order valence-corrected chi connectivity index (χ3v) is 4.19. The molecule has 1 unspecified atom stereocenters. The average molecular weight is 238 g/mol. The molecule has 1 N–H and O–H groups in total. The molecule has 0 spiro atoms. The lowest BCUT2D eigenvalue weighted by atomic mass is 9.86. The van der Waals surface area contributed by atoms with Gasteiger partial charge in [-0.25, -0.2) is 0 Å². The summed E-state index contributed by atoms with van der Waals surface area (Å²) in [6.45, 7) is 2.38. The van der Waals surface area contributed by atoms with E-state index in [1.54, 1.807) is 0 Å². The molecule has 1 saturated heterocycles. The van der Waals surface area contributed by atoms with E-state index < -0.39 is 5.41 Å². The third-order valence-electron chi connectivity index (χ3n) is 4.19. The summed E-state index contributed by atoms with van der Waals surface area (Å²) in [5, 5.41) is 2.76. The summed E-state index contributed by atoms with van der Waals surface area (Å²) < 4.78 is 0. The Hall–Kier alpha value is -1.06. The van der Waals surface area contributed by atoms with Gasteiger partial charge in [0.1, 0.15) is 0 Å². The molecule has 96 valence electrons. The number of hydrogen-bond donors (Lipinski definition) is 1. The van der Waals surface area contributed by atoms with E-state index in [4.69, 9.17) is 0 Å². The zero-order chi connectivity index (χ0) is 12.5. The van der Waals surface area contributed by atoms with Crippen molar-refractivity contribution in [2.75, 3.05) is 13.6 Å². The molecule has 1 heterocycles. The highest BCUT2D eigenvalue weighted by atomic mass is 16.2. The molecular formula is C13H22N2O2. The summed E-state index contributed by atoms with van der Waals surface area (Å²) >= 11 is 0. The van der Waals surface area contributed by atoms with Crippen molar-refractivity contribution in [1.82, 2.24) is 10.2 Å². The first-order valence-corrected chi connectivity index (χ1v) is 6.57. The molecule has 1 atom stereocenters. The molecule has 4 heteroatoms. The van der Waals surface area contributed by atoms with E-state index in [9.17, 15) is 9.59 Å². The number of amides is 2. The van der Waals surface area contributed by atoms with Gasteiger partial charge >= 0.3 is 0 Å². The average Bonchev–Trinajstić information content (AvgIpc) is 2.70. The fourth-order valence-corrected chi connectivity index (χ4v) is 2.98. The fraction of sp³-hybridized carbons (Fsp3) is 0.846. The van der Waals surface area contributed by atoms with Crippen LogP contribution in [-0.2, 0) is 9.59 Å². The second-order valence-corrected chi connectivity index (χ2v) is 5.72. The summed E-state index contributed by atoms with van der Waals surface area (Å²) in [4.78, 5) is 25.6.